The fourth-order valence-electron chi connectivity index (χ4n) is 2.37. The van der Waals surface area contributed by atoms with Crippen molar-refractivity contribution in [1.29, 1.82) is 0 Å². The Balaban J connectivity index is 1.86. The van der Waals surface area contributed by atoms with E-state index in [1.807, 2.05) is 29.3 Å². The average Bonchev–Trinajstić information content (AvgIpc) is 2.65. The topological polar surface area (TPSA) is 29.5 Å². The first kappa shape index (κ1) is 10.3. The summed E-state index contributed by atoms with van der Waals surface area (Å²) in [4.78, 5) is 17.1. The molecule has 4 heteroatoms. The minimum atomic E-state index is -0.227. The van der Waals surface area contributed by atoms with Crippen LogP contribution in [0.5, 0.6) is 0 Å². The van der Waals surface area contributed by atoms with Gasteiger partial charge in [-0.2, -0.15) is 5.06 Å². The van der Waals surface area contributed by atoms with Crippen molar-refractivity contribution in [3.63, 3.8) is 0 Å². The quantitative estimate of drug-likeness (QED) is 0.751. The third-order valence-electron chi connectivity index (χ3n) is 3.24. The first-order chi connectivity index (χ1) is 7.74. The fraction of sp³-hybridized carbons (Fsp3) is 0.417. The van der Waals surface area contributed by atoms with Gasteiger partial charge in [0.25, 0.3) is 0 Å². The molecule has 2 aliphatic rings. The number of rotatable bonds is 1. The molecule has 3 nitrogen and oxygen atoms in total. The number of Topliss-reactive ketones (excluding diaryl/α,β-unsaturated/α-hetero) is 1. The normalized spacial score (nSPS) is 33.1. The zero-order chi connectivity index (χ0) is 11.1. The second-order valence-corrected chi connectivity index (χ2v) is 4.69. The lowest BCUT2D eigenvalue weighted by molar-refractivity contribution is -0.189. The molecule has 2 saturated heterocycles. The van der Waals surface area contributed by atoms with Gasteiger partial charge >= 0.3 is 0 Å². The number of carbonyl (C=O) groups excluding carboxylic acids is 1. The summed E-state index contributed by atoms with van der Waals surface area (Å²) in [7, 11) is 0. The van der Waals surface area contributed by atoms with Gasteiger partial charge in [0, 0.05) is 24.4 Å². The first-order valence-electron chi connectivity index (χ1n) is 5.45. The minimum Gasteiger partial charge on any atom is -0.297 e. The van der Waals surface area contributed by atoms with Crippen molar-refractivity contribution in [2.75, 3.05) is 6.54 Å². The summed E-state index contributed by atoms with van der Waals surface area (Å²) in [6, 6.07) is 7.96. The summed E-state index contributed by atoms with van der Waals surface area (Å²) >= 11 is 5.85. The van der Waals surface area contributed by atoms with Crippen LogP contribution in [-0.2, 0) is 9.63 Å². The monoisotopic (exact) mass is 237 g/mol. The zero-order valence-electron chi connectivity index (χ0n) is 8.73. The number of halogens is 1. The molecule has 0 aromatic heterocycles. The van der Waals surface area contributed by atoms with Crippen molar-refractivity contribution in [3.8, 4) is 0 Å². The van der Waals surface area contributed by atoms with Crippen LogP contribution < -0.4 is 0 Å². The molecular weight excluding hydrogens is 226 g/mol. The summed E-state index contributed by atoms with van der Waals surface area (Å²) in [6.07, 6.45) is 1.14. The van der Waals surface area contributed by atoms with Crippen LogP contribution in [0.1, 0.15) is 24.4 Å². The summed E-state index contributed by atoms with van der Waals surface area (Å²) in [5.74, 6) is 0.229. The number of fused-ring (bicyclic) bond motifs is 2. The molecule has 0 aliphatic carbocycles. The Morgan fingerprint density at radius 2 is 2.06 bits per heavy atom. The van der Waals surface area contributed by atoms with Crippen molar-refractivity contribution in [1.82, 2.24) is 5.06 Å². The Morgan fingerprint density at radius 3 is 2.75 bits per heavy atom. The molecule has 2 heterocycles. The van der Waals surface area contributed by atoms with E-state index in [1.165, 1.54) is 5.56 Å². The number of hydrogen-bond donors (Lipinski definition) is 0. The lowest BCUT2D eigenvalue weighted by Crippen LogP contribution is -2.33. The molecule has 0 spiro atoms. The van der Waals surface area contributed by atoms with Gasteiger partial charge in [0.2, 0.25) is 0 Å². The van der Waals surface area contributed by atoms with Crippen LogP contribution >= 0.6 is 11.6 Å². The molecule has 3 rings (SSSR count). The molecule has 84 valence electrons. The first-order valence-corrected chi connectivity index (χ1v) is 5.83. The average molecular weight is 238 g/mol. The third-order valence-corrected chi connectivity index (χ3v) is 3.49. The van der Waals surface area contributed by atoms with Gasteiger partial charge in [-0.1, -0.05) is 23.7 Å². The van der Waals surface area contributed by atoms with Gasteiger partial charge in [-0.15, -0.1) is 0 Å². The Bertz CT molecular complexity index is 418. The van der Waals surface area contributed by atoms with Crippen molar-refractivity contribution < 1.29 is 9.63 Å². The van der Waals surface area contributed by atoms with Crippen LogP contribution in [0.2, 0.25) is 5.02 Å². The molecule has 1 unspecified atom stereocenters. The molecule has 3 atom stereocenters. The summed E-state index contributed by atoms with van der Waals surface area (Å²) in [5.41, 5.74) is 1.17. The minimum absolute atomic E-state index is 0.203. The third kappa shape index (κ3) is 1.65. The van der Waals surface area contributed by atoms with Crippen LogP contribution in [0.3, 0.4) is 0 Å². The van der Waals surface area contributed by atoms with Crippen molar-refractivity contribution in [3.05, 3.63) is 34.9 Å². The maximum atomic E-state index is 11.5. The standard InChI is InChI=1S/C12H12ClNO2/c13-9-3-1-8(2-4-9)10-7-12-11(15)5-6-14(10)16-12/h1-4,10,12H,5-7H2/t10-,12-/m1/s1. The number of carbonyl (C=O) groups is 1. The van der Waals surface area contributed by atoms with Gasteiger partial charge < -0.3 is 0 Å². The van der Waals surface area contributed by atoms with E-state index in [1.54, 1.807) is 0 Å². The molecule has 0 N–H and O–H groups in total. The van der Waals surface area contributed by atoms with Crippen LogP contribution in [0.4, 0.5) is 0 Å². The van der Waals surface area contributed by atoms with Crippen LogP contribution in [-0.4, -0.2) is 23.5 Å². The molecule has 1 aromatic carbocycles. The number of benzene rings is 1. The molecule has 1 aromatic rings. The lowest BCUT2D eigenvalue weighted by atomic mass is 10.0. The van der Waals surface area contributed by atoms with Gasteiger partial charge in [0.05, 0.1) is 6.04 Å². The second-order valence-electron chi connectivity index (χ2n) is 4.25. The van der Waals surface area contributed by atoms with Gasteiger partial charge in [-0.05, 0) is 17.7 Å². The largest absolute Gasteiger partial charge is 0.297 e. The van der Waals surface area contributed by atoms with Gasteiger partial charge in [-0.3, -0.25) is 9.63 Å². The highest BCUT2D eigenvalue weighted by Gasteiger charge is 2.41. The van der Waals surface area contributed by atoms with Crippen LogP contribution in [0, 0.1) is 0 Å². The number of hydrogen-bond acceptors (Lipinski definition) is 3. The van der Waals surface area contributed by atoms with E-state index >= 15 is 0 Å². The molecule has 2 fully saturated rings. The van der Waals surface area contributed by atoms with Gasteiger partial charge in [-0.25, -0.2) is 0 Å². The molecule has 0 saturated carbocycles. The smallest absolute Gasteiger partial charge is 0.165 e. The number of ketones is 1. The highest BCUT2D eigenvalue weighted by molar-refractivity contribution is 6.30. The van der Waals surface area contributed by atoms with Crippen molar-refractivity contribution in [2.45, 2.75) is 25.0 Å². The number of hydroxylamine groups is 2. The zero-order valence-corrected chi connectivity index (χ0v) is 9.48. The van der Waals surface area contributed by atoms with E-state index < -0.39 is 0 Å². The van der Waals surface area contributed by atoms with E-state index in [-0.39, 0.29) is 17.9 Å². The van der Waals surface area contributed by atoms with Crippen LogP contribution in [0.15, 0.2) is 24.3 Å². The Hall–Kier alpha value is -0.900. The summed E-state index contributed by atoms with van der Waals surface area (Å²) < 4.78 is 0. The second kappa shape index (κ2) is 3.84. The van der Waals surface area contributed by atoms with E-state index in [0.717, 1.165) is 11.4 Å². The predicted octanol–water partition coefficient (Wildman–Crippen LogP) is 2.36. The molecule has 0 radical (unpaired) electrons. The van der Waals surface area contributed by atoms with Gasteiger partial charge in [0.1, 0.15) is 6.10 Å². The molecular formula is C12H12ClNO2. The molecule has 16 heavy (non-hydrogen) atoms. The van der Waals surface area contributed by atoms with E-state index in [4.69, 9.17) is 16.4 Å². The maximum absolute atomic E-state index is 11.5. The highest BCUT2D eigenvalue weighted by Crippen LogP contribution is 2.37. The lowest BCUT2D eigenvalue weighted by Gasteiger charge is -2.24. The predicted molar refractivity (Wildman–Crippen MR) is 60.0 cm³/mol. The molecule has 2 bridgehead atoms. The Labute approximate surface area is 98.9 Å². The van der Waals surface area contributed by atoms with E-state index in [2.05, 4.69) is 0 Å². The van der Waals surface area contributed by atoms with Crippen LogP contribution in [0.25, 0.3) is 0 Å². The number of nitrogens with zero attached hydrogens (tertiary/aromatic N) is 1. The van der Waals surface area contributed by atoms with Gasteiger partial charge in [0.15, 0.2) is 5.78 Å². The van der Waals surface area contributed by atoms with E-state index in [0.29, 0.717) is 13.0 Å². The summed E-state index contributed by atoms with van der Waals surface area (Å²) in [6.45, 7) is 0.697. The highest BCUT2D eigenvalue weighted by atomic mass is 35.5. The molecule has 2 aliphatic heterocycles. The fourth-order valence-corrected chi connectivity index (χ4v) is 2.49. The SMILES string of the molecule is O=C1CCN2O[C@@H]1C[C@@H]2c1ccc(Cl)cc1. The van der Waals surface area contributed by atoms with E-state index in [9.17, 15) is 4.79 Å². The van der Waals surface area contributed by atoms with Crippen molar-refractivity contribution >= 4 is 17.4 Å². The summed E-state index contributed by atoms with van der Waals surface area (Å²) in [5, 5.41) is 2.66. The molecule has 0 amide bonds. The van der Waals surface area contributed by atoms with Crippen molar-refractivity contribution in [2.24, 2.45) is 0 Å². The maximum Gasteiger partial charge on any atom is 0.165 e. The Kier molecular flexibility index (Phi) is 2.46. The Morgan fingerprint density at radius 1 is 1.31 bits per heavy atom.